The van der Waals surface area contributed by atoms with Gasteiger partial charge in [0.25, 0.3) is 5.91 Å². The summed E-state index contributed by atoms with van der Waals surface area (Å²) in [5, 5.41) is 26.9. The van der Waals surface area contributed by atoms with Gasteiger partial charge in [-0.25, -0.2) is 0 Å². The zero-order valence-corrected chi connectivity index (χ0v) is 35.4. The molecule has 2 saturated heterocycles. The number of aryl methyl sites for hydroxylation is 1. The van der Waals surface area contributed by atoms with Gasteiger partial charge in [0, 0.05) is 29.9 Å². The van der Waals surface area contributed by atoms with Crippen LogP contribution >= 0.6 is 0 Å². The van der Waals surface area contributed by atoms with Gasteiger partial charge in [0.05, 0.1) is 64.9 Å². The monoisotopic (exact) mass is 814 g/mol. The van der Waals surface area contributed by atoms with Crippen molar-refractivity contribution in [3.05, 3.63) is 126 Å². The molecule has 0 bridgehead atoms. The molecule has 2 amide bonds. The van der Waals surface area contributed by atoms with Gasteiger partial charge in [-0.15, -0.1) is 5.10 Å². The van der Waals surface area contributed by atoms with Crippen LogP contribution in [0.3, 0.4) is 0 Å². The van der Waals surface area contributed by atoms with Crippen LogP contribution in [0.15, 0.2) is 103 Å². The molecule has 3 N–H and O–H groups in total. The van der Waals surface area contributed by atoms with Crippen LogP contribution in [-0.2, 0) is 33.0 Å². The Bertz CT molecular complexity index is 2280. The van der Waals surface area contributed by atoms with E-state index in [0.717, 1.165) is 47.5 Å². The minimum atomic E-state index is -2.41. The van der Waals surface area contributed by atoms with Crippen molar-refractivity contribution in [1.82, 2.24) is 20.3 Å². The van der Waals surface area contributed by atoms with Gasteiger partial charge < -0.3 is 34.9 Å². The molecule has 4 heterocycles. The van der Waals surface area contributed by atoms with Crippen LogP contribution in [0.1, 0.15) is 54.5 Å². The number of carbonyl (C=O) groups is 2. The highest BCUT2D eigenvalue weighted by atomic mass is 28.3. The van der Waals surface area contributed by atoms with Crippen molar-refractivity contribution in [2.24, 2.45) is 5.92 Å². The van der Waals surface area contributed by atoms with Crippen molar-refractivity contribution < 1.29 is 28.9 Å². The molecule has 2 fully saturated rings. The highest BCUT2D eigenvalue weighted by molar-refractivity contribution is 6.91. The lowest BCUT2D eigenvalue weighted by atomic mass is 9.82. The normalized spacial score (nSPS) is 23.1. The van der Waals surface area contributed by atoms with Crippen molar-refractivity contribution in [3.63, 3.8) is 0 Å². The summed E-state index contributed by atoms with van der Waals surface area (Å²) in [7, 11) is 0.899. The molecule has 0 aliphatic carbocycles. The number of nitrogens with one attached hydrogen (secondary N) is 2. The molecule has 1 spiro atoms. The summed E-state index contributed by atoms with van der Waals surface area (Å²) in [6, 6.07) is 31.6. The largest absolute Gasteiger partial charge is 0.497 e. The maximum atomic E-state index is 15.4. The summed E-state index contributed by atoms with van der Waals surface area (Å²) < 4.78 is 20.5. The Labute approximate surface area is 346 Å². The molecule has 308 valence electrons. The third-order valence-electron chi connectivity index (χ3n) is 12.9. The maximum absolute atomic E-state index is 15.4. The van der Waals surface area contributed by atoms with E-state index in [2.05, 4.69) is 53.1 Å². The number of fused-ring (bicyclic) bond motifs is 2. The first-order valence-electron chi connectivity index (χ1n) is 20.6. The Morgan fingerprint density at radius 3 is 2.49 bits per heavy atom. The standard InChI is InChI=1S/C46H54N6O6Si/c1-30-43(59(4,5)36-19-16-34(56-2)17-20-36)42(22-24-51-28-40(49-50-51)37(29-53)32-12-7-6-8-13-32)58-46(30)38-26-35(57-3)18-21-41(38)52(45(46)55)27-31-11-9-14-33(25-31)48-44(54)39-15-10-23-47-39/h6-9,11-14,16-21,25-26,28,30,37,39,42-43,47,53H,10,15,22-24,27,29H2,1-5H3,(H,48,54)/t30-,37?,39-,42+,43-,46+/m1/s1. The smallest absolute Gasteiger partial charge is 0.264 e. The number of benzene rings is 4. The molecular formula is C46H54N6O6Si. The third-order valence-corrected chi connectivity index (χ3v) is 17.3. The van der Waals surface area contributed by atoms with E-state index in [1.54, 1.807) is 14.2 Å². The maximum Gasteiger partial charge on any atom is 0.264 e. The predicted molar refractivity (Wildman–Crippen MR) is 230 cm³/mol. The highest BCUT2D eigenvalue weighted by Gasteiger charge is 2.66. The lowest BCUT2D eigenvalue weighted by molar-refractivity contribution is -0.146. The average molecular weight is 815 g/mol. The lowest BCUT2D eigenvalue weighted by Crippen LogP contribution is -2.51. The molecule has 13 heteroatoms. The van der Waals surface area contributed by atoms with Crippen LogP contribution in [-0.4, -0.2) is 79.5 Å². The Balaban J connectivity index is 1.13. The summed E-state index contributed by atoms with van der Waals surface area (Å²) in [4.78, 5) is 30.3. The first-order chi connectivity index (χ1) is 28.6. The number of aliphatic hydroxyl groups is 1. The zero-order valence-electron chi connectivity index (χ0n) is 34.4. The summed E-state index contributed by atoms with van der Waals surface area (Å²) >= 11 is 0. The van der Waals surface area contributed by atoms with Crippen LogP contribution in [0.4, 0.5) is 11.4 Å². The second-order valence-electron chi connectivity index (χ2n) is 16.6. The van der Waals surface area contributed by atoms with Gasteiger partial charge in [0.2, 0.25) is 5.91 Å². The fourth-order valence-electron chi connectivity index (χ4n) is 9.81. The Kier molecular flexibility index (Phi) is 11.5. The topological polar surface area (TPSA) is 140 Å². The van der Waals surface area contributed by atoms with E-state index in [-0.39, 0.29) is 47.9 Å². The first kappa shape index (κ1) is 40.4. The number of nitrogens with zero attached hydrogens (tertiary/aromatic N) is 4. The van der Waals surface area contributed by atoms with E-state index < -0.39 is 13.7 Å². The van der Waals surface area contributed by atoms with Gasteiger partial charge in [0.1, 0.15) is 11.5 Å². The number of rotatable bonds is 14. The summed E-state index contributed by atoms with van der Waals surface area (Å²) in [5.41, 5.74) is 3.57. The van der Waals surface area contributed by atoms with Crippen molar-refractivity contribution in [1.29, 1.82) is 0 Å². The van der Waals surface area contributed by atoms with E-state index >= 15 is 4.79 Å². The van der Waals surface area contributed by atoms with Gasteiger partial charge in [0.15, 0.2) is 5.60 Å². The number of amides is 2. The van der Waals surface area contributed by atoms with E-state index in [1.807, 2.05) is 101 Å². The van der Waals surface area contributed by atoms with E-state index in [9.17, 15) is 9.90 Å². The highest BCUT2D eigenvalue weighted by Crippen LogP contribution is 2.60. The molecule has 8 rings (SSSR count). The molecule has 3 aliphatic heterocycles. The molecule has 59 heavy (non-hydrogen) atoms. The zero-order chi connectivity index (χ0) is 41.3. The van der Waals surface area contributed by atoms with Gasteiger partial charge in [-0.3, -0.25) is 14.3 Å². The molecule has 4 aromatic carbocycles. The Hall–Kier alpha value is -5.34. The number of aromatic nitrogens is 3. The molecule has 5 aromatic rings. The van der Waals surface area contributed by atoms with E-state index in [1.165, 1.54) is 5.19 Å². The van der Waals surface area contributed by atoms with Crippen LogP contribution in [0.25, 0.3) is 0 Å². The fourth-order valence-corrected chi connectivity index (χ4v) is 13.9. The predicted octanol–water partition coefficient (Wildman–Crippen LogP) is 5.96. The lowest BCUT2D eigenvalue weighted by Gasteiger charge is -2.37. The number of hydrogen-bond donors (Lipinski definition) is 3. The minimum Gasteiger partial charge on any atom is -0.497 e. The molecule has 12 nitrogen and oxygen atoms in total. The quantitative estimate of drug-likeness (QED) is 0.116. The number of aliphatic hydroxyl groups excluding tert-OH is 1. The molecular weight excluding hydrogens is 761 g/mol. The SMILES string of the molecule is COc1ccc([Si](C)(C)[C@H]2[C@H](CCn3cc(C(CO)c4ccccc4)nn3)O[C@@]3(C(=O)N(Cc4cccc(NC(=O)[C@H]5CCCN5)c4)c4ccc(OC)cc43)[C@@H]2C)cc1. The van der Waals surface area contributed by atoms with Gasteiger partial charge in [-0.05, 0) is 84.9 Å². The number of hydrogen-bond acceptors (Lipinski definition) is 9. The van der Waals surface area contributed by atoms with Crippen molar-refractivity contribution in [2.45, 2.75) is 81.6 Å². The van der Waals surface area contributed by atoms with Gasteiger partial charge >= 0.3 is 0 Å². The summed E-state index contributed by atoms with van der Waals surface area (Å²) in [5.74, 6) is 0.780. The minimum absolute atomic E-state index is 0.0130. The Morgan fingerprint density at radius 1 is 1.02 bits per heavy atom. The molecule has 1 aromatic heterocycles. The molecule has 3 aliphatic rings. The Morgan fingerprint density at radius 2 is 1.78 bits per heavy atom. The van der Waals surface area contributed by atoms with Crippen LogP contribution in [0.2, 0.25) is 18.6 Å². The number of ether oxygens (including phenoxy) is 3. The van der Waals surface area contributed by atoms with Crippen molar-refractivity contribution >= 4 is 36.4 Å². The van der Waals surface area contributed by atoms with Gasteiger partial charge in [-0.2, -0.15) is 0 Å². The molecule has 6 atom stereocenters. The number of carbonyl (C=O) groups excluding carboxylic acids is 2. The van der Waals surface area contributed by atoms with Crippen molar-refractivity contribution in [3.8, 4) is 11.5 Å². The molecule has 0 saturated carbocycles. The molecule has 1 unspecified atom stereocenters. The fraction of sp³-hybridized carbons (Fsp3) is 0.391. The number of methoxy groups -OCH3 is 2. The first-order valence-corrected chi connectivity index (χ1v) is 23.7. The van der Waals surface area contributed by atoms with E-state index in [0.29, 0.717) is 36.6 Å². The van der Waals surface area contributed by atoms with Crippen LogP contribution < -0.4 is 30.2 Å². The molecule has 0 radical (unpaired) electrons. The van der Waals surface area contributed by atoms with Gasteiger partial charge in [-0.1, -0.05) is 85.0 Å². The second kappa shape index (κ2) is 16.7. The van der Waals surface area contributed by atoms with Crippen LogP contribution in [0, 0.1) is 5.92 Å². The van der Waals surface area contributed by atoms with Crippen LogP contribution in [0.5, 0.6) is 11.5 Å². The summed E-state index contributed by atoms with van der Waals surface area (Å²) in [6.45, 7) is 8.48. The number of anilines is 2. The summed E-state index contributed by atoms with van der Waals surface area (Å²) in [6.07, 6.45) is 3.98. The van der Waals surface area contributed by atoms with E-state index in [4.69, 9.17) is 14.2 Å². The second-order valence-corrected chi connectivity index (χ2v) is 21.3. The average Bonchev–Trinajstić information content (AvgIpc) is 4.06. The van der Waals surface area contributed by atoms with Crippen molar-refractivity contribution in [2.75, 3.05) is 37.6 Å². The third kappa shape index (κ3) is 7.56.